The molecule has 0 bridgehead atoms. The summed E-state index contributed by atoms with van der Waals surface area (Å²) in [7, 11) is 0. The molecule has 1 atom stereocenters. The van der Waals surface area contributed by atoms with Crippen LogP contribution in [0.1, 0.15) is 37.3 Å². The van der Waals surface area contributed by atoms with E-state index in [1.807, 2.05) is 24.3 Å². The van der Waals surface area contributed by atoms with Crippen LogP contribution in [0.15, 0.2) is 53.6 Å². The Balaban J connectivity index is 1.82. The molecule has 2 aromatic rings. The smallest absolute Gasteiger partial charge is 0.277 e. The number of non-ortho nitro benzene ring substituents is 1. The van der Waals surface area contributed by atoms with Gasteiger partial charge in [0.2, 0.25) is 0 Å². The van der Waals surface area contributed by atoms with Crippen molar-refractivity contribution in [2.45, 2.75) is 26.2 Å². The number of hydrogen-bond donors (Lipinski definition) is 1. The van der Waals surface area contributed by atoms with Crippen molar-refractivity contribution in [3.05, 3.63) is 69.8 Å². The standard InChI is InChI=1S/C19H21N3O4/c1-3-14(2)16-7-9-18(10-8-16)26-13-19(23)21-20-12-15-5-4-6-17(11-15)22(24)25/h4-12,14H,3,13H2,1-2H3,(H,21,23)/b20-12+. The summed E-state index contributed by atoms with van der Waals surface area (Å²) in [6.07, 6.45) is 2.40. The average molecular weight is 355 g/mol. The number of nitro groups is 1. The van der Waals surface area contributed by atoms with Crippen LogP contribution in [0.3, 0.4) is 0 Å². The van der Waals surface area contributed by atoms with E-state index in [9.17, 15) is 14.9 Å². The molecule has 0 saturated carbocycles. The first-order valence-corrected chi connectivity index (χ1v) is 8.28. The molecule has 2 rings (SSSR count). The summed E-state index contributed by atoms with van der Waals surface area (Å²) in [5, 5.41) is 14.5. The Morgan fingerprint density at radius 1 is 1.31 bits per heavy atom. The second kappa shape index (κ2) is 9.31. The Morgan fingerprint density at radius 3 is 2.69 bits per heavy atom. The van der Waals surface area contributed by atoms with Crippen molar-refractivity contribution in [3.8, 4) is 5.75 Å². The molecule has 1 amide bonds. The molecule has 0 aliphatic rings. The van der Waals surface area contributed by atoms with Crippen molar-refractivity contribution in [2.75, 3.05) is 6.61 Å². The molecule has 26 heavy (non-hydrogen) atoms. The molecule has 0 radical (unpaired) electrons. The van der Waals surface area contributed by atoms with E-state index in [-0.39, 0.29) is 12.3 Å². The topological polar surface area (TPSA) is 93.8 Å². The van der Waals surface area contributed by atoms with Gasteiger partial charge in [0.15, 0.2) is 6.61 Å². The minimum absolute atomic E-state index is 0.0375. The van der Waals surface area contributed by atoms with Crippen LogP contribution >= 0.6 is 0 Å². The molecule has 2 aromatic carbocycles. The fourth-order valence-electron chi connectivity index (χ4n) is 2.21. The van der Waals surface area contributed by atoms with Gasteiger partial charge < -0.3 is 4.74 Å². The van der Waals surface area contributed by atoms with Gasteiger partial charge in [-0.1, -0.05) is 38.1 Å². The molecule has 0 saturated heterocycles. The van der Waals surface area contributed by atoms with E-state index in [0.29, 0.717) is 17.2 Å². The summed E-state index contributed by atoms with van der Waals surface area (Å²) in [6, 6.07) is 13.6. The third-order valence-corrected chi connectivity index (χ3v) is 3.92. The molecule has 1 unspecified atom stereocenters. The lowest BCUT2D eigenvalue weighted by Crippen LogP contribution is -2.24. The van der Waals surface area contributed by atoms with Crippen LogP contribution in [0.2, 0.25) is 0 Å². The summed E-state index contributed by atoms with van der Waals surface area (Å²) in [5.41, 5.74) is 4.03. The number of rotatable bonds is 8. The second-order valence-electron chi connectivity index (χ2n) is 5.81. The Hall–Kier alpha value is -3.22. The van der Waals surface area contributed by atoms with Crippen molar-refractivity contribution in [1.82, 2.24) is 5.43 Å². The molecule has 7 nitrogen and oxygen atoms in total. The third kappa shape index (κ3) is 5.70. The number of nitrogens with one attached hydrogen (secondary N) is 1. The highest BCUT2D eigenvalue weighted by atomic mass is 16.6. The van der Waals surface area contributed by atoms with Crippen LogP contribution in [0.5, 0.6) is 5.75 Å². The van der Waals surface area contributed by atoms with Gasteiger partial charge in [0.1, 0.15) is 5.75 Å². The SMILES string of the molecule is CCC(C)c1ccc(OCC(=O)N/N=C/c2cccc([N+](=O)[O-])c2)cc1. The van der Waals surface area contributed by atoms with E-state index in [1.165, 1.54) is 23.9 Å². The fraction of sp³-hybridized carbons (Fsp3) is 0.263. The number of hydrazone groups is 1. The zero-order valence-corrected chi connectivity index (χ0v) is 14.7. The number of nitro benzene ring substituents is 1. The summed E-state index contributed by atoms with van der Waals surface area (Å²) in [5.74, 6) is 0.669. The summed E-state index contributed by atoms with van der Waals surface area (Å²) in [6.45, 7) is 4.12. The maximum atomic E-state index is 11.7. The number of hydrogen-bond acceptors (Lipinski definition) is 5. The summed E-state index contributed by atoms with van der Waals surface area (Å²) < 4.78 is 5.41. The van der Waals surface area contributed by atoms with Gasteiger partial charge in [0.05, 0.1) is 11.1 Å². The number of ether oxygens (including phenoxy) is 1. The Morgan fingerprint density at radius 2 is 2.04 bits per heavy atom. The van der Waals surface area contributed by atoms with Gasteiger partial charge in [-0.3, -0.25) is 14.9 Å². The van der Waals surface area contributed by atoms with Gasteiger partial charge in [0.25, 0.3) is 11.6 Å². The molecule has 0 aliphatic carbocycles. The predicted molar refractivity (Wildman–Crippen MR) is 99.5 cm³/mol. The van der Waals surface area contributed by atoms with E-state index < -0.39 is 10.8 Å². The highest BCUT2D eigenvalue weighted by molar-refractivity contribution is 5.83. The van der Waals surface area contributed by atoms with E-state index >= 15 is 0 Å². The maximum absolute atomic E-state index is 11.7. The molecule has 0 aromatic heterocycles. The Kier molecular flexibility index (Phi) is 6.84. The van der Waals surface area contributed by atoms with Gasteiger partial charge in [0, 0.05) is 17.7 Å². The molecule has 0 fully saturated rings. The lowest BCUT2D eigenvalue weighted by atomic mass is 9.99. The molecule has 0 heterocycles. The van der Waals surface area contributed by atoms with Gasteiger partial charge in [-0.25, -0.2) is 5.43 Å². The third-order valence-electron chi connectivity index (χ3n) is 3.92. The first-order chi connectivity index (χ1) is 12.5. The molecule has 7 heteroatoms. The predicted octanol–water partition coefficient (Wildman–Crippen LogP) is 3.64. The van der Waals surface area contributed by atoms with Crippen LogP contribution in [0, 0.1) is 10.1 Å². The lowest BCUT2D eigenvalue weighted by Gasteiger charge is -2.10. The largest absolute Gasteiger partial charge is 0.484 e. The van der Waals surface area contributed by atoms with Crippen molar-refractivity contribution < 1.29 is 14.5 Å². The molecular weight excluding hydrogens is 334 g/mol. The zero-order chi connectivity index (χ0) is 18.9. The van der Waals surface area contributed by atoms with Crippen LogP contribution < -0.4 is 10.2 Å². The Bertz CT molecular complexity index is 788. The number of nitrogens with zero attached hydrogens (tertiary/aromatic N) is 2. The zero-order valence-electron chi connectivity index (χ0n) is 14.7. The maximum Gasteiger partial charge on any atom is 0.277 e. The van der Waals surface area contributed by atoms with Crippen LogP contribution in [-0.2, 0) is 4.79 Å². The van der Waals surface area contributed by atoms with Gasteiger partial charge in [-0.05, 0) is 30.0 Å². The van der Waals surface area contributed by atoms with Crippen molar-refractivity contribution >= 4 is 17.8 Å². The van der Waals surface area contributed by atoms with Crippen LogP contribution in [0.25, 0.3) is 0 Å². The molecule has 0 spiro atoms. The molecular formula is C19H21N3O4. The summed E-state index contributed by atoms with van der Waals surface area (Å²) in [4.78, 5) is 22.0. The normalized spacial score (nSPS) is 11.9. The van der Waals surface area contributed by atoms with Crippen LogP contribution in [0.4, 0.5) is 5.69 Å². The van der Waals surface area contributed by atoms with Crippen LogP contribution in [-0.4, -0.2) is 23.7 Å². The van der Waals surface area contributed by atoms with Crippen molar-refractivity contribution in [1.29, 1.82) is 0 Å². The first-order valence-electron chi connectivity index (χ1n) is 8.28. The number of benzene rings is 2. The van der Waals surface area contributed by atoms with E-state index in [1.54, 1.807) is 12.1 Å². The van der Waals surface area contributed by atoms with Gasteiger partial charge in [-0.15, -0.1) is 0 Å². The van der Waals surface area contributed by atoms with E-state index in [4.69, 9.17) is 4.74 Å². The van der Waals surface area contributed by atoms with Crippen molar-refractivity contribution in [2.24, 2.45) is 5.10 Å². The lowest BCUT2D eigenvalue weighted by molar-refractivity contribution is -0.384. The van der Waals surface area contributed by atoms with E-state index in [2.05, 4.69) is 24.4 Å². The Labute approximate surface area is 151 Å². The quantitative estimate of drug-likeness (QED) is 0.444. The molecule has 1 N–H and O–H groups in total. The second-order valence-corrected chi connectivity index (χ2v) is 5.81. The minimum atomic E-state index is -0.490. The highest BCUT2D eigenvalue weighted by Gasteiger charge is 2.06. The monoisotopic (exact) mass is 355 g/mol. The summed E-state index contributed by atoms with van der Waals surface area (Å²) >= 11 is 0. The molecule has 0 aliphatic heterocycles. The average Bonchev–Trinajstić information content (AvgIpc) is 2.66. The molecule has 136 valence electrons. The first kappa shape index (κ1) is 19.1. The minimum Gasteiger partial charge on any atom is -0.484 e. The number of amides is 1. The van der Waals surface area contributed by atoms with Crippen molar-refractivity contribution in [3.63, 3.8) is 0 Å². The van der Waals surface area contributed by atoms with Gasteiger partial charge >= 0.3 is 0 Å². The fourth-order valence-corrected chi connectivity index (χ4v) is 2.21. The van der Waals surface area contributed by atoms with Gasteiger partial charge in [-0.2, -0.15) is 5.10 Å². The number of carbonyl (C=O) groups excluding carboxylic acids is 1. The number of carbonyl (C=O) groups is 1. The van der Waals surface area contributed by atoms with E-state index in [0.717, 1.165) is 6.42 Å². The highest BCUT2D eigenvalue weighted by Crippen LogP contribution is 2.21.